The van der Waals surface area contributed by atoms with Crippen LogP contribution >= 0.6 is 22.9 Å². The van der Waals surface area contributed by atoms with E-state index in [9.17, 15) is 23.7 Å². The van der Waals surface area contributed by atoms with Gasteiger partial charge in [0.1, 0.15) is 22.7 Å². The molecule has 3 heterocycles. The molecular formula is C32H31ClN4O8S2. The Morgan fingerprint density at radius 1 is 1.13 bits per heavy atom. The van der Waals surface area contributed by atoms with Gasteiger partial charge in [0.2, 0.25) is 12.0 Å². The highest BCUT2D eigenvalue weighted by molar-refractivity contribution is 7.92. The van der Waals surface area contributed by atoms with Crippen LogP contribution in [0.3, 0.4) is 0 Å². The number of halogens is 1. The third-order valence-electron chi connectivity index (χ3n) is 6.92. The van der Waals surface area contributed by atoms with Crippen LogP contribution in [-0.4, -0.2) is 79.2 Å². The van der Waals surface area contributed by atoms with Crippen molar-refractivity contribution < 1.29 is 38.0 Å². The van der Waals surface area contributed by atoms with Gasteiger partial charge < -0.3 is 24.2 Å². The van der Waals surface area contributed by atoms with E-state index in [1.807, 2.05) is 60.7 Å². The zero-order valence-electron chi connectivity index (χ0n) is 25.6. The lowest BCUT2D eigenvalue weighted by Crippen LogP contribution is -2.75. The monoisotopic (exact) mass is 698 g/mol. The van der Waals surface area contributed by atoms with E-state index in [2.05, 4.69) is 15.5 Å². The van der Waals surface area contributed by atoms with Crippen LogP contribution in [0.4, 0.5) is 0 Å². The molecular weight excluding hydrogens is 668 g/mol. The van der Waals surface area contributed by atoms with Crippen LogP contribution in [0.2, 0.25) is 0 Å². The molecule has 3 atom stereocenters. The molecule has 1 saturated heterocycles. The normalized spacial score (nSPS) is 19.5. The van der Waals surface area contributed by atoms with Crippen molar-refractivity contribution >= 4 is 63.6 Å². The molecule has 0 saturated carbocycles. The summed E-state index contributed by atoms with van der Waals surface area (Å²) in [4.78, 5) is 63.1. The number of nitrogens with one attached hydrogen (secondary N) is 1. The Morgan fingerprint density at radius 3 is 2.32 bits per heavy atom. The molecule has 2 unspecified atom stereocenters. The molecule has 0 spiro atoms. The van der Waals surface area contributed by atoms with E-state index in [0.29, 0.717) is 11.1 Å². The molecule has 2 aliphatic rings. The van der Waals surface area contributed by atoms with Crippen molar-refractivity contribution in [3.05, 3.63) is 99.6 Å². The molecule has 12 nitrogen and oxygen atoms in total. The van der Waals surface area contributed by atoms with Crippen LogP contribution in [0, 0.1) is 0 Å². The van der Waals surface area contributed by atoms with E-state index in [-0.39, 0.29) is 34.3 Å². The fourth-order valence-corrected chi connectivity index (χ4v) is 7.51. The standard InChI is InChI=1S/C32H31ClN4O8S2/c1-32(2,3)45-23(38)15-43-36-24(22-16-46-18-34-22)28(39)35-25-29(40)37-26(21(14-33)17-47(42)30(25)37)31(41)44-27(19-10-6-4-7-11-19)20-12-8-5-9-13-20/h4-13,16,18,25,27,30H,14-15,17H2,1-3H3,(H,35,39)/t25?,30-,47?/m0/s1. The number of oxime groups is 1. The molecule has 1 N–H and O–H groups in total. The lowest BCUT2D eigenvalue weighted by atomic mass is 10.0. The van der Waals surface area contributed by atoms with Crippen LogP contribution < -0.4 is 5.32 Å². The molecule has 47 heavy (non-hydrogen) atoms. The molecule has 2 aliphatic heterocycles. The Labute approximate surface area is 282 Å². The fraction of sp³-hybridized carbons (Fsp3) is 0.312. The van der Waals surface area contributed by atoms with Gasteiger partial charge in [-0.2, -0.15) is 0 Å². The molecule has 246 valence electrons. The maximum atomic E-state index is 13.8. The number of alkyl halides is 1. The first-order valence-electron chi connectivity index (χ1n) is 14.4. The first kappa shape index (κ1) is 34.1. The molecule has 3 aromatic rings. The minimum atomic E-state index is -1.72. The lowest BCUT2D eigenvalue weighted by molar-refractivity contribution is -0.160. The van der Waals surface area contributed by atoms with Crippen LogP contribution in [0.15, 0.2) is 88.0 Å². The van der Waals surface area contributed by atoms with Gasteiger partial charge in [-0.1, -0.05) is 65.8 Å². The number of β-lactam (4-membered cyclic amide) rings is 1. The first-order chi connectivity index (χ1) is 22.5. The topological polar surface area (TPSA) is 160 Å². The number of carbonyl (C=O) groups excluding carboxylic acids is 4. The van der Waals surface area contributed by atoms with E-state index in [1.165, 1.54) is 22.2 Å². The highest BCUT2D eigenvalue weighted by Crippen LogP contribution is 2.39. The number of esters is 2. The molecule has 0 bridgehead atoms. The quantitative estimate of drug-likeness (QED) is 0.0790. The second-order valence-electron chi connectivity index (χ2n) is 11.4. The number of ether oxygens (including phenoxy) is 2. The van der Waals surface area contributed by atoms with Gasteiger partial charge in [-0.25, -0.2) is 14.6 Å². The van der Waals surface area contributed by atoms with Crippen molar-refractivity contribution in [2.24, 2.45) is 5.16 Å². The van der Waals surface area contributed by atoms with Crippen LogP contribution in [0.1, 0.15) is 43.7 Å². The number of rotatable bonds is 11. The van der Waals surface area contributed by atoms with Crippen molar-refractivity contribution in [3.63, 3.8) is 0 Å². The van der Waals surface area contributed by atoms with Crippen molar-refractivity contribution in [2.45, 2.75) is 43.9 Å². The number of hydrogen-bond acceptors (Lipinski definition) is 11. The van der Waals surface area contributed by atoms with E-state index in [0.717, 1.165) is 4.90 Å². The number of fused-ring (bicyclic) bond motifs is 1. The minimum Gasteiger partial charge on any atom is -0.614 e. The Balaban J connectivity index is 1.35. The predicted molar refractivity (Wildman–Crippen MR) is 175 cm³/mol. The number of aromatic nitrogens is 1. The van der Waals surface area contributed by atoms with Gasteiger partial charge in [0.15, 0.2) is 17.9 Å². The highest BCUT2D eigenvalue weighted by Gasteiger charge is 2.61. The number of nitrogens with zero attached hydrogens (tertiary/aromatic N) is 3. The van der Waals surface area contributed by atoms with Crippen molar-refractivity contribution in [3.8, 4) is 0 Å². The summed E-state index contributed by atoms with van der Waals surface area (Å²) >= 11 is 5.65. The summed E-state index contributed by atoms with van der Waals surface area (Å²) < 4.78 is 24.6. The number of benzene rings is 2. The van der Waals surface area contributed by atoms with Gasteiger partial charge in [-0.15, -0.1) is 22.9 Å². The summed E-state index contributed by atoms with van der Waals surface area (Å²) in [5.41, 5.74) is 2.12. The summed E-state index contributed by atoms with van der Waals surface area (Å²) in [6.07, 6.45) is -0.802. The number of thiazole rings is 1. The molecule has 1 aromatic heterocycles. The van der Waals surface area contributed by atoms with Gasteiger partial charge in [-0.05, 0) is 43.1 Å². The number of carbonyl (C=O) groups is 4. The van der Waals surface area contributed by atoms with E-state index < -0.39 is 64.7 Å². The fourth-order valence-electron chi connectivity index (χ4n) is 4.96. The Morgan fingerprint density at radius 2 is 1.77 bits per heavy atom. The van der Waals surface area contributed by atoms with Gasteiger partial charge in [0.05, 0.1) is 11.4 Å². The zero-order valence-corrected chi connectivity index (χ0v) is 28.0. The smallest absolute Gasteiger partial charge is 0.356 e. The summed E-state index contributed by atoms with van der Waals surface area (Å²) in [5.74, 6) is -3.35. The van der Waals surface area contributed by atoms with E-state index >= 15 is 0 Å². The molecule has 0 aliphatic carbocycles. The minimum absolute atomic E-state index is 0.106. The third-order valence-corrected chi connectivity index (χ3v) is 9.49. The van der Waals surface area contributed by atoms with E-state index in [4.69, 9.17) is 25.9 Å². The highest BCUT2D eigenvalue weighted by atomic mass is 35.5. The first-order valence-corrected chi connectivity index (χ1v) is 17.2. The second kappa shape index (κ2) is 14.7. The Hall–Kier alpha value is -4.24. The van der Waals surface area contributed by atoms with Crippen molar-refractivity contribution in [1.82, 2.24) is 15.2 Å². The maximum Gasteiger partial charge on any atom is 0.356 e. The molecule has 1 fully saturated rings. The number of amides is 2. The lowest BCUT2D eigenvalue weighted by Gasteiger charge is -2.49. The van der Waals surface area contributed by atoms with Crippen molar-refractivity contribution in [1.29, 1.82) is 0 Å². The molecule has 0 radical (unpaired) electrons. The van der Waals surface area contributed by atoms with E-state index in [1.54, 1.807) is 20.8 Å². The molecule has 15 heteroatoms. The van der Waals surface area contributed by atoms with Gasteiger partial charge in [0.25, 0.3) is 11.8 Å². The van der Waals surface area contributed by atoms with Crippen LogP contribution in [0.5, 0.6) is 0 Å². The predicted octanol–water partition coefficient (Wildman–Crippen LogP) is 3.45. The average molecular weight is 699 g/mol. The molecule has 2 amide bonds. The van der Waals surface area contributed by atoms with Gasteiger partial charge in [-0.3, -0.25) is 14.5 Å². The van der Waals surface area contributed by atoms with Gasteiger partial charge in [0, 0.05) is 11.0 Å². The average Bonchev–Trinajstić information content (AvgIpc) is 3.58. The summed E-state index contributed by atoms with van der Waals surface area (Å²) in [6.45, 7) is 4.50. The largest absolute Gasteiger partial charge is 0.614 e. The number of hydrogen-bond donors (Lipinski definition) is 1. The third kappa shape index (κ3) is 7.84. The Kier molecular flexibility index (Phi) is 10.6. The zero-order chi connectivity index (χ0) is 33.7. The summed E-state index contributed by atoms with van der Waals surface area (Å²) in [7, 11) is 0. The molecule has 5 rings (SSSR count). The SMILES string of the molecule is CC(C)(C)OC(=O)CON=C(C(=O)NC1C(=O)N2C(C(=O)OC(c3ccccc3)c3ccccc3)=C(CCl)C[S+]([O-])[C@@H]12)c1cscn1. The second-order valence-corrected chi connectivity index (χ2v) is 14.0. The molecule has 2 aromatic carbocycles. The van der Waals surface area contributed by atoms with Crippen LogP contribution in [-0.2, 0) is 44.7 Å². The Bertz CT molecular complexity index is 1640. The van der Waals surface area contributed by atoms with Gasteiger partial charge >= 0.3 is 11.9 Å². The van der Waals surface area contributed by atoms with Crippen LogP contribution in [0.25, 0.3) is 0 Å². The summed E-state index contributed by atoms with van der Waals surface area (Å²) in [5, 5.41) is 6.81. The maximum absolute atomic E-state index is 13.8. The van der Waals surface area contributed by atoms with Crippen molar-refractivity contribution in [2.75, 3.05) is 18.2 Å². The summed E-state index contributed by atoms with van der Waals surface area (Å²) in [6, 6.07) is 17.0.